The van der Waals surface area contributed by atoms with E-state index in [9.17, 15) is 8.42 Å². The van der Waals surface area contributed by atoms with Crippen LogP contribution in [0, 0.1) is 11.3 Å². The third kappa shape index (κ3) is 3.41. The highest BCUT2D eigenvalue weighted by Crippen LogP contribution is 2.20. The minimum absolute atomic E-state index is 0.0680. The van der Waals surface area contributed by atoms with Gasteiger partial charge in [0.15, 0.2) is 0 Å². The molecule has 0 aliphatic rings. The zero-order valence-corrected chi connectivity index (χ0v) is 10.7. The van der Waals surface area contributed by atoms with Gasteiger partial charge in [0.1, 0.15) is 11.0 Å². The van der Waals surface area contributed by atoms with E-state index in [1.54, 1.807) is 6.07 Å². The van der Waals surface area contributed by atoms with E-state index in [0.29, 0.717) is 0 Å². The molecule has 0 fully saturated rings. The second kappa shape index (κ2) is 6.13. The summed E-state index contributed by atoms with van der Waals surface area (Å²) in [4.78, 5) is -0.288. The molecule has 0 amide bonds. The molecule has 0 spiro atoms. The van der Waals surface area contributed by atoms with Gasteiger partial charge in [0, 0.05) is 5.02 Å². The van der Waals surface area contributed by atoms with Crippen molar-refractivity contribution in [3.8, 4) is 6.07 Å². The fourth-order valence-electron chi connectivity index (χ4n) is 1.23. The number of aliphatic hydroxyl groups excluding tert-OH is 2. The number of benzene rings is 1. The lowest BCUT2D eigenvalue weighted by molar-refractivity contribution is 0.185. The largest absolute Gasteiger partial charge is 0.395 e. The summed E-state index contributed by atoms with van der Waals surface area (Å²) in [5.74, 6) is 0. The van der Waals surface area contributed by atoms with Crippen LogP contribution in [-0.2, 0) is 10.0 Å². The van der Waals surface area contributed by atoms with Gasteiger partial charge in [-0.05, 0) is 18.2 Å². The van der Waals surface area contributed by atoms with E-state index in [-0.39, 0.29) is 15.5 Å². The minimum Gasteiger partial charge on any atom is -0.395 e. The maximum absolute atomic E-state index is 11.9. The van der Waals surface area contributed by atoms with Crippen molar-refractivity contribution < 1.29 is 18.6 Å². The lowest BCUT2D eigenvalue weighted by Crippen LogP contribution is -2.40. The molecule has 1 rings (SSSR count). The Morgan fingerprint density at radius 2 is 2.00 bits per heavy atom. The van der Waals surface area contributed by atoms with Crippen molar-refractivity contribution in [3.05, 3.63) is 28.8 Å². The predicted molar refractivity (Wildman–Crippen MR) is 64.4 cm³/mol. The number of halogens is 1. The van der Waals surface area contributed by atoms with Crippen LogP contribution in [0.25, 0.3) is 0 Å². The lowest BCUT2D eigenvalue weighted by Gasteiger charge is -2.14. The van der Waals surface area contributed by atoms with Crippen LogP contribution < -0.4 is 4.72 Å². The lowest BCUT2D eigenvalue weighted by atomic mass is 10.2. The van der Waals surface area contributed by atoms with E-state index >= 15 is 0 Å². The van der Waals surface area contributed by atoms with Crippen LogP contribution in [0.15, 0.2) is 23.1 Å². The van der Waals surface area contributed by atoms with Crippen LogP contribution >= 0.6 is 11.6 Å². The molecule has 0 aliphatic heterocycles. The predicted octanol–water partition coefficient (Wildman–Crippen LogP) is -0.157. The van der Waals surface area contributed by atoms with Gasteiger partial charge in [0.2, 0.25) is 10.0 Å². The number of nitrogens with zero attached hydrogens (tertiary/aromatic N) is 1. The first kappa shape index (κ1) is 14.9. The number of hydrogen-bond donors (Lipinski definition) is 3. The molecule has 3 N–H and O–H groups in total. The first-order chi connectivity index (χ1) is 8.44. The topological polar surface area (TPSA) is 110 Å². The third-order valence-electron chi connectivity index (χ3n) is 2.12. The van der Waals surface area contributed by atoms with E-state index in [1.807, 2.05) is 0 Å². The van der Waals surface area contributed by atoms with Gasteiger partial charge in [-0.2, -0.15) is 5.26 Å². The SMILES string of the molecule is N#Cc1ccc(Cl)cc1S(=O)(=O)NC(CO)CO. The Hall–Kier alpha value is -1.17. The van der Waals surface area contributed by atoms with Crippen LogP contribution in [-0.4, -0.2) is 37.9 Å². The Bertz CT molecular complexity index is 564. The van der Waals surface area contributed by atoms with Crippen molar-refractivity contribution in [2.45, 2.75) is 10.9 Å². The first-order valence-electron chi connectivity index (χ1n) is 4.88. The van der Waals surface area contributed by atoms with Crippen LogP contribution in [0.4, 0.5) is 0 Å². The van der Waals surface area contributed by atoms with Gasteiger partial charge in [0.25, 0.3) is 0 Å². The highest BCUT2D eigenvalue weighted by Gasteiger charge is 2.22. The van der Waals surface area contributed by atoms with Crippen LogP contribution in [0.3, 0.4) is 0 Å². The first-order valence-corrected chi connectivity index (χ1v) is 6.74. The third-order valence-corrected chi connectivity index (χ3v) is 3.91. The van der Waals surface area contributed by atoms with Crippen molar-refractivity contribution in [3.63, 3.8) is 0 Å². The molecule has 0 saturated carbocycles. The van der Waals surface area contributed by atoms with E-state index in [1.165, 1.54) is 12.1 Å². The average molecular weight is 291 g/mol. The molecule has 8 heteroatoms. The molecule has 0 aliphatic carbocycles. The second-order valence-electron chi connectivity index (χ2n) is 3.44. The summed E-state index contributed by atoms with van der Waals surface area (Å²) >= 11 is 5.68. The van der Waals surface area contributed by atoms with Crippen molar-refractivity contribution in [1.82, 2.24) is 4.72 Å². The van der Waals surface area contributed by atoms with Crippen molar-refractivity contribution in [2.75, 3.05) is 13.2 Å². The molecule has 0 bridgehead atoms. The Balaban J connectivity index is 3.20. The summed E-state index contributed by atoms with van der Waals surface area (Å²) in [5, 5.41) is 26.7. The van der Waals surface area contributed by atoms with E-state index in [4.69, 9.17) is 27.1 Å². The molecule has 0 radical (unpaired) electrons. The molecule has 0 aromatic heterocycles. The second-order valence-corrected chi connectivity index (χ2v) is 5.55. The Morgan fingerprint density at radius 3 is 2.50 bits per heavy atom. The zero-order chi connectivity index (χ0) is 13.8. The molecule has 0 heterocycles. The van der Waals surface area contributed by atoms with E-state index in [2.05, 4.69) is 4.72 Å². The van der Waals surface area contributed by atoms with Crippen molar-refractivity contribution in [1.29, 1.82) is 5.26 Å². The number of nitrogens with one attached hydrogen (secondary N) is 1. The summed E-state index contributed by atoms with van der Waals surface area (Å²) < 4.78 is 26.0. The molecule has 0 unspecified atom stereocenters. The standard InChI is InChI=1S/C10H11ClN2O4S/c11-8-2-1-7(4-12)10(3-8)18(16,17)13-9(5-14)6-15/h1-3,9,13-15H,5-6H2. The molecule has 18 heavy (non-hydrogen) atoms. The van der Waals surface area contributed by atoms with Gasteiger partial charge in [-0.15, -0.1) is 0 Å². The normalized spacial score (nSPS) is 11.5. The number of aliphatic hydroxyl groups is 2. The van der Waals surface area contributed by atoms with Gasteiger partial charge in [0.05, 0.1) is 24.8 Å². The molecule has 1 aromatic carbocycles. The number of nitriles is 1. The molecule has 6 nitrogen and oxygen atoms in total. The number of hydrogen-bond acceptors (Lipinski definition) is 5. The molecule has 0 saturated heterocycles. The molecule has 98 valence electrons. The number of sulfonamides is 1. The van der Waals surface area contributed by atoms with Gasteiger partial charge < -0.3 is 10.2 Å². The highest BCUT2D eigenvalue weighted by atomic mass is 35.5. The molecular formula is C10H11ClN2O4S. The van der Waals surface area contributed by atoms with Gasteiger partial charge in [-0.25, -0.2) is 13.1 Å². The summed E-state index contributed by atoms with van der Waals surface area (Å²) in [6.45, 7) is -1.11. The fraction of sp³-hybridized carbons (Fsp3) is 0.300. The highest BCUT2D eigenvalue weighted by molar-refractivity contribution is 7.89. The van der Waals surface area contributed by atoms with Gasteiger partial charge in [-0.1, -0.05) is 11.6 Å². The Kier molecular flexibility index (Phi) is 5.07. The molecule has 0 atom stereocenters. The van der Waals surface area contributed by atoms with Crippen LogP contribution in [0.1, 0.15) is 5.56 Å². The Labute approximate surface area is 109 Å². The monoisotopic (exact) mass is 290 g/mol. The maximum Gasteiger partial charge on any atom is 0.242 e. The summed E-state index contributed by atoms with van der Waals surface area (Å²) in [7, 11) is -4.03. The number of rotatable bonds is 5. The van der Waals surface area contributed by atoms with Crippen molar-refractivity contribution >= 4 is 21.6 Å². The molecule has 1 aromatic rings. The van der Waals surface area contributed by atoms with E-state index in [0.717, 1.165) is 6.07 Å². The quantitative estimate of drug-likeness (QED) is 0.698. The zero-order valence-electron chi connectivity index (χ0n) is 9.17. The summed E-state index contributed by atoms with van der Waals surface area (Å²) in [6.07, 6.45) is 0. The van der Waals surface area contributed by atoms with Crippen molar-refractivity contribution in [2.24, 2.45) is 0 Å². The summed E-state index contributed by atoms with van der Waals surface area (Å²) in [5.41, 5.74) is -0.0680. The van der Waals surface area contributed by atoms with Crippen LogP contribution in [0.5, 0.6) is 0 Å². The fourth-order valence-corrected chi connectivity index (χ4v) is 2.86. The van der Waals surface area contributed by atoms with E-state index < -0.39 is 29.3 Å². The molecular weight excluding hydrogens is 280 g/mol. The summed E-state index contributed by atoms with van der Waals surface area (Å²) in [6, 6.07) is 4.52. The van der Waals surface area contributed by atoms with Gasteiger partial charge >= 0.3 is 0 Å². The Morgan fingerprint density at radius 1 is 1.39 bits per heavy atom. The van der Waals surface area contributed by atoms with Gasteiger partial charge in [-0.3, -0.25) is 0 Å². The average Bonchev–Trinajstić information content (AvgIpc) is 2.36. The van der Waals surface area contributed by atoms with Crippen LogP contribution in [0.2, 0.25) is 5.02 Å². The minimum atomic E-state index is -4.03. The maximum atomic E-state index is 11.9. The smallest absolute Gasteiger partial charge is 0.242 e.